The molecule has 2 heterocycles. The first-order valence-corrected chi connectivity index (χ1v) is 14.1. The number of benzene rings is 4. The molecule has 2 aromatic heterocycles. The molecule has 0 amide bonds. The molecule has 4 aromatic carbocycles. The zero-order valence-electron chi connectivity index (χ0n) is 23.1. The molecule has 41 heavy (non-hydrogen) atoms. The average molecular weight is 539 g/mol. The Morgan fingerprint density at radius 3 is 2.49 bits per heavy atom. The standard InChI is InChI=1S/C35H30N4O2/c1-3-33-37-34-22(2)17-27(24-9-5-4-6-10-24)19-31(34)39(33)21-23-13-16-29-26(18-23)15-14-25-11-7-8-12-28(25)30(29)20-32-36-35(40)41-38-32/h4-13,16-20H,3,14-15,21H2,1-2H3,(H,36,38,40)/b30-20+. The number of rotatable bonds is 5. The number of aromatic nitrogens is 4. The quantitative estimate of drug-likeness (QED) is 0.257. The van der Waals surface area contributed by atoms with Gasteiger partial charge in [-0.3, -0.25) is 9.51 Å². The molecule has 7 rings (SSSR count). The van der Waals surface area contributed by atoms with Crippen LogP contribution in [0.4, 0.5) is 0 Å². The van der Waals surface area contributed by atoms with E-state index >= 15 is 0 Å². The van der Waals surface area contributed by atoms with Gasteiger partial charge in [-0.1, -0.05) is 84.9 Å². The lowest BCUT2D eigenvalue weighted by Gasteiger charge is -2.15. The molecule has 0 radical (unpaired) electrons. The van der Waals surface area contributed by atoms with Crippen molar-refractivity contribution in [3.63, 3.8) is 0 Å². The summed E-state index contributed by atoms with van der Waals surface area (Å²) >= 11 is 0. The predicted molar refractivity (Wildman–Crippen MR) is 163 cm³/mol. The fourth-order valence-electron chi connectivity index (χ4n) is 6.09. The second-order valence-corrected chi connectivity index (χ2v) is 10.7. The molecule has 6 heteroatoms. The number of H-pyrrole nitrogens is 1. The number of nitrogens with zero attached hydrogens (tertiary/aromatic N) is 3. The highest BCUT2D eigenvalue weighted by Gasteiger charge is 2.20. The zero-order valence-corrected chi connectivity index (χ0v) is 23.1. The molecule has 1 aliphatic carbocycles. The maximum absolute atomic E-state index is 11.6. The predicted octanol–water partition coefficient (Wildman–Crippen LogP) is 6.99. The number of aryl methyl sites for hydroxylation is 4. The van der Waals surface area contributed by atoms with E-state index in [0.717, 1.165) is 53.8 Å². The van der Waals surface area contributed by atoms with Crippen LogP contribution in [0.3, 0.4) is 0 Å². The number of hydrogen-bond acceptors (Lipinski definition) is 4. The summed E-state index contributed by atoms with van der Waals surface area (Å²) in [6.45, 7) is 5.07. The van der Waals surface area contributed by atoms with Gasteiger partial charge in [0, 0.05) is 13.0 Å². The van der Waals surface area contributed by atoms with Crippen LogP contribution in [0.5, 0.6) is 0 Å². The topological polar surface area (TPSA) is 76.7 Å². The van der Waals surface area contributed by atoms with Gasteiger partial charge in [0.05, 0.1) is 11.0 Å². The lowest BCUT2D eigenvalue weighted by molar-refractivity contribution is 0.385. The second kappa shape index (κ2) is 10.2. The summed E-state index contributed by atoms with van der Waals surface area (Å²) in [6.07, 6.45) is 4.64. The number of fused-ring (bicyclic) bond motifs is 3. The van der Waals surface area contributed by atoms with E-state index in [9.17, 15) is 4.79 Å². The van der Waals surface area contributed by atoms with Gasteiger partial charge < -0.3 is 4.57 Å². The molecule has 0 atom stereocenters. The van der Waals surface area contributed by atoms with Crippen LogP contribution in [0.15, 0.2) is 94.2 Å². The summed E-state index contributed by atoms with van der Waals surface area (Å²) in [5.41, 5.74) is 13.0. The van der Waals surface area contributed by atoms with E-state index in [1.165, 1.54) is 38.9 Å². The second-order valence-electron chi connectivity index (χ2n) is 10.7. The number of nitrogens with one attached hydrogen (secondary N) is 1. The van der Waals surface area contributed by atoms with Crippen LogP contribution in [-0.2, 0) is 25.8 Å². The zero-order chi connectivity index (χ0) is 27.9. The van der Waals surface area contributed by atoms with Gasteiger partial charge in [0.1, 0.15) is 5.82 Å². The van der Waals surface area contributed by atoms with Crippen molar-refractivity contribution >= 4 is 22.7 Å². The van der Waals surface area contributed by atoms with Crippen LogP contribution in [0, 0.1) is 6.92 Å². The van der Waals surface area contributed by atoms with E-state index in [4.69, 9.17) is 9.51 Å². The first-order chi connectivity index (χ1) is 20.1. The van der Waals surface area contributed by atoms with Crippen molar-refractivity contribution in [2.75, 3.05) is 0 Å². The maximum Gasteiger partial charge on any atom is 0.439 e. The third-order valence-electron chi connectivity index (χ3n) is 8.06. The number of imidazole rings is 1. The molecule has 1 aliphatic rings. The molecule has 0 fully saturated rings. The third-order valence-corrected chi connectivity index (χ3v) is 8.06. The van der Waals surface area contributed by atoms with Crippen molar-refractivity contribution in [2.45, 2.75) is 39.7 Å². The molecule has 6 nitrogen and oxygen atoms in total. The van der Waals surface area contributed by atoms with Gasteiger partial charge in [-0.25, -0.2) is 9.78 Å². The minimum atomic E-state index is -0.556. The normalized spacial score (nSPS) is 13.8. The van der Waals surface area contributed by atoms with Crippen molar-refractivity contribution in [2.24, 2.45) is 0 Å². The van der Waals surface area contributed by atoms with Crippen molar-refractivity contribution < 1.29 is 4.52 Å². The smallest absolute Gasteiger partial charge is 0.323 e. The van der Waals surface area contributed by atoms with Gasteiger partial charge in [0.15, 0.2) is 5.82 Å². The van der Waals surface area contributed by atoms with E-state index in [1.807, 2.05) is 6.08 Å². The molecule has 0 aliphatic heterocycles. The first-order valence-electron chi connectivity index (χ1n) is 14.1. The van der Waals surface area contributed by atoms with Crippen LogP contribution >= 0.6 is 0 Å². The maximum atomic E-state index is 11.6. The highest BCUT2D eigenvalue weighted by Crippen LogP contribution is 2.36. The number of aromatic amines is 1. The van der Waals surface area contributed by atoms with Crippen molar-refractivity contribution in [3.05, 3.63) is 141 Å². The Balaban J connectivity index is 1.32. The lowest BCUT2D eigenvalue weighted by Crippen LogP contribution is -2.06. The summed E-state index contributed by atoms with van der Waals surface area (Å²) in [7, 11) is 0. The van der Waals surface area contributed by atoms with E-state index in [0.29, 0.717) is 5.82 Å². The van der Waals surface area contributed by atoms with E-state index in [1.54, 1.807) is 0 Å². The third kappa shape index (κ3) is 4.61. The molecule has 202 valence electrons. The summed E-state index contributed by atoms with van der Waals surface area (Å²) in [5.74, 6) is 0.948. The molecule has 1 N–H and O–H groups in total. The monoisotopic (exact) mass is 538 g/mol. The SMILES string of the molecule is CCc1nc2c(C)cc(-c3ccccc3)cc2n1Cc1ccc2c(c1)CCc1ccccc1/C2=C\c1noc(=O)[nH]1. The van der Waals surface area contributed by atoms with Gasteiger partial charge in [-0.05, 0) is 88.1 Å². The fourth-order valence-corrected chi connectivity index (χ4v) is 6.09. The lowest BCUT2D eigenvalue weighted by atomic mass is 9.92. The fraction of sp³-hybridized carbons (Fsp3) is 0.171. The minimum Gasteiger partial charge on any atom is -0.323 e. The minimum absolute atomic E-state index is 0.416. The molecule has 0 unspecified atom stereocenters. The van der Waals surface area contributed by atoms with Crippen LogP contribution in [0.2, 0.25) is 0 Å². The molecule has 0 spiro atoms. The van der Waals surface area contributed by atoms with Gasteiger partial charge in [-0.2, -0.15) is 0 Å². The Bertz CT molecular complexity index is 1990. The number of hydrogen-bond donors (Lipinski definition) is 1. The Kier molecular flexibility index (Phi) is 6.23. The van der Waals surface area contributed by atoms with Crippen LogP contribution in [0.25, 0.3) is 33.8 Å². The Labute approximate surface area is 238 Å². The van der Waals surface area contributed by atoms with Crippen LogP contribution < -0.4 is 5.76 Å². The Morgan fingerprint density at radius 2 is 1.68 bits per heavy atom. The highest BCUT2D eigenvalue weighted by atomic mass is 16.5. The van der Waals surface area contributed by atoms with Gasteiger partial charge >= 0.3 is 5.76 Å². The van der Waals surface area contributed by atoms with E-state index in [-0.39, 0.29) is 0 Å². The largest absolute Gasteiger partial charge is 0.439 e. The molecule has 0 saturated heterocycles. The Morgan fingerprint density at radius 1 is 0.902 bits per heavy atom. The van der Waals surface area contributed by atoms with Gasteiger partial charge in [0.25, 0.3) is 0 Å². The van der Waals surface area contributed by atoms with E-state index in [2.05, 4.69) is 113 Å². The van der Waals surface area contributed by atoms with Crippen LogP contribution in [-0.4, -0.2) is 19.7 Å². The van der Waals surface area contributed by atoms with Crippen molar-refractivity contribution in [1.29, 1.82) is 0 Å². The highest BCUT2D eigenvalue weighted by molar-refractivity contribution is 5.93. The van der Waals surface area contributed by atoms with Gasteiger partial charge in [0.2, 0.25) is 0 Å². The first kappa shape index (κ1) is 25.0. The van der Waals surface area contributed by atoms with Crippen molar-refractivity contribution in [3.8, 4) is 11.1 Å². The molecule has 6 aromatic rings. The Hall–Kier alpha value is -4.97. The van der Waals surface area contributed by atoms with Crippen molar-refractivity contribution in [1.82, 2.24) is 19.7 Å². The summed E-state index contributed by atoms with van der Waals surface area (Å²) in [6, 6.07) is 30.3. The molecular formula is C35H30N4O2. The molecular weight excluding hydrogens is 508 g/mol. The van der Waals surface area contributed by atoms with Crippen LogP contribution in [0.1, 0.15) is 52.0 Å². The summed E-state index contributed by atoms with van der Waals surface area (Å²) in [5, 5.41) is 3.91. The summed E-state index contributed by atoms with van der Waals surface area (Å²) in [4.78, 5) is 19.4. The average Bonchev–Trinajstić information content (AvgIpc) is 3.54. The molecule has 0 saturated carbocycles. The van der Waals surface area contributed by atoms with Gasteiger partial charge in [-0.15, -0.1) is 0 Å². The summed E-state index contributed by atoms with van der Waals surface area (Å²) < 4.78 is 7.15. The molecule has 0 bridgehead atoms. The van der Waals surface area contributed by atoms with E-state index < -0.39 is 5.76 Å².